The second-order valence-electron chi connectivity index (χ2n) is 6.15. The summed E-state index contributed by atoms with van der Waals surface area (Å²) in [4.78, 5) is 7.09. The molecule has 3 nitrogen and oxygen atoms in total. The Hall–Kier alpha value is -0.750. The number of halogens is 1. The molecule has 0 bridgehead atoms. The lowest BCUT2D eigenvalue weighted by molar-refractivity contribution is 0.255. The molecule has 1 atom stereocenters. The largest absolute Gasteiger partial charge is 0.310 e. The molecule has 1 aliphatic rings. The molecule has 0 radical (unpaired) electrons. The quantitative estimate of drug-likeness (QED) is 0.787. The minimum Gasteiger partial charge on any atom is -0.310 e. The van der Waals surface area contributed by atoms with Crippen molar-refractivity contribution in [3.05, 3.63) is 39.8 Å². The van der Waals surface area contributed by atoms with Crippen molar-refractivity contribution in [1.29, 1.82) is 0 Å². The van der Waals surface area contributed by atoms with E-state index in [1.165, 1.54) is 18.4 Å². The van der Waals surface area contributed by atoms with Gasteiger partial charge >= 0.3 is 0 Å². The number of nitrogens with one attached hydrogen (secondary N) is 1. The van der Waals surface area contributed by atoms with Gasteiger partial charge in [0, 0.05) is 34.5 Å². The Morgan fingerprint density at radius 1 is 1.41 bits per heavy atom. The van der Waals surface area contributed by atoms with Crippen molar-refractivity contribution in [1.82, 2.24) is 15.2 Å². The summed E-state index contributed by atoms with van der Waals surface area (Å²) in [7, 11) is 4.36. The summed E-state index contributed by atoms with van der Waals surface area (Å²) >= 11 is 5.23. The average Bonchev–Trinajstić information content (AvgIpc) is 3.21. The van der Waals surface area contributed by atoms with Gasteiger partial charge < -0.3 is 10.2 Å². The fourth-order valence-corrected chi connectivity index (χ4v) is 3.96. The van der Waals surface area contributed by atoms with Gasteiger partial charge in [0.2, 0.25) is 0 Å². The monoisotopic (exact) mass is 379 g/mol. The third kappa shape index (κ3) is 4.16. The highest BCUT2D eigenvalue weighted by Crippen LogP contribution is 2.34. The van der Waals surface area contributed by atoms with Crippen molar-refractivity contribution >= 4 is 27.3 Å². The molecular formula is C17H22BrN3S. The van der Waals surface area contributed by atoms with Gasteiger partial charge in [0.1, 0.15) is 5.01 Å². The first-order valence-corrected chi connectivity index (χ1v) is 9.38. The van der Waals surface area contributed by atoms with Crippen LogP contribution in [-0.2, 0) is 6.54 Å². The smallest absolute Gasteiger partial charge is 0.123 e. The van der Waals surface area contributed by atoms with E-state index in [-0.39, 0.29) is 0 Å². The molecule has 1 fully saturated rings. The van der Waals surface area contributed by atoms with E-state index in [4.69, 9.17) is 4.98 Å². The van der Waals surface area contributed by atoms with E-state index in [2.05, 4.69) is 63.8 Å². The first-order chi connectivity index (χ1) is 10.6. The van der Waals surface area contributed by atoms with E-state index in [0.29, 0.717) is 6.04 Å². The highest BCUT2D eigenvalue weighted by Gasteiger charge is 2.32. The molecule has 1 saturated carbocycles. The van der Waals surface area contributed by atoms with Crippen LogP contribution in [0.4, 0.5) is 0 Å². The number of hydrogen-bond acceptors (Lipinski definition) is 4. The topological polar surface area (TPSA) is 28.2 Å². The second kappa shape index (κ2) is 7.21. The van der Waals surface area contributed by atoms with Gasteiger partial charge in [-0.3, -0.25) is 0 Å². The van der Waals surface area contributed by atoms with Gasteiger partial charge in [-0.1, -0.05) is 28.1 Å². The molecule has 1 unspecified atom stereocenters. The first-order valence-electron chi connectivity index (χ1n) is 7.71. The number of aromatic nitrogens is 1. The minimum absolute atomic E-state index is 0.656. The Bertz CT molecular complexity index is 620. The van der Waals surface area contributed by atoms with Gasteiger partial charge in [-0.2, -0.15) is 0 Å². The van der Waals surface area contributed by atoms with Crippen LogP contribution in [0.25, 0.3) is 10.6 Å². The zero-order valence-corrected chi connectivity index (χ0v) is 15.5. The van der Waals surface area contributed by atoms with E-state index in [1.807, 2.05) is 6.07 Å². The van der Waals surface area contributed by atoms with Crippen LogP contribution in [0.3, 0.4) is 0 Å². The predicted octanol–water partition coefficient (Wildman–Crippen LogP) is 4.00. The summed E-state index contributed by atoms with van der Waals surface area (Å²) in [5, 5.41) is 6.82. The maximum atomic E-state index is 4.75. The first kappa shape index (κ1) is 16.1. The van der Waals surface area contributed by atoms with Crippen LogP contribution in [0.2, 0.25) is 0 Å². The summed E-state index contributed by atoms with van der Waals surface area (Å²) in [6.45, 7) is 1.89. The van der Waals surface area contributed by atoms with Gasteiger partial charge in [-0.05, 0) is 45.0 Å². The molecule has 22 heavy (non-hydrogen) atoms. The number of hydrogen-bond donors (Lipinski definition) is 1. The van der Waals surface area contributed by atoms with Crippen molar-refractivity contribution in [3.8, 4) is 10.6 Å². The molecule has 118 valence electrons. The SMILES string of the molecule is CN(C)C(CNCc1csc(-c2cccc(Br)c2)n1)C1CC1. The molecule has 0 amide bonds. The van der Waals surface area contributed by atoms with Crippen LogP contribution in [0, 0.1) is 5.92 Å². The summed E-state index contributed by atoms with van der Waals surface area (Å²) < 4.78 is 1.10. The Kier molecular flexibility index (Phi) is 5.29. The predicted molar refractivity (Wildman–Crippen MR) is 97.2 cm³/mol. The number of thiazole rings is 1. The third-order valence-electron chi connectivity index (χ3n) is 4.11. The Morgan fingerprint density at radius 3 is 2.91 bits per heavy atom. The minimum atomic E-state index is 0.656. The van der Waals surface area contributed by atoms with Gasteiger partial charge in [0.05, 0.1) is 5.69 Å². The van der Waals surface area contributed by atoms with Crippen LogP contribution < -0.4 is 5.32 Å². The lowest BCUT2D eigenvalue weighted by atomic mass is 10.1. The lowest BCUT2D eigenvalue weighted by Gasteiger charge is -2.24. The van der Waals surface area contributed by atoms with Crippen LogP contribution in [0.15, 0.2) is 34.1 Å². The number of nitrogens with zero attached hydrogens (tertiary/aromatic N) is 2. The highest BCUT2D eigenvalue weighted by molar-refractivity contribution is 9.10. The summed E-state index contributed by atoms with van der Waals surface area (Å²) in [6.07, 6.45) is 2.77. The molecule has 2 aromatic rings. The van der Waals surface area contributed by atoms with E-state index < -0.39 is 0 Å². The fraction of sp³-hybridized carbons (Fsp3) is 0.471. The second-order valence-corrected chi connectivity index (χ2v) is 7.93. The van der Waals surface area contributed by atoms with Crippen molar-refractivity contribution in [2.45, 2.75) is 25.4 Å². The van der Waals surface area contributed by atoms with Crippen LogP contribution in [0.5, 0.6) is 0 Å². The maximum Gasteiger partial charge on any atom is 0.123 e. The summed E-state index contributed by atoms with van der Waals surface area (Å²) in [5.74, 6) is 0.884. The molecule has 5 heteroatoms. The normalized spacial score (nSPS) is 16.2. The highest BCUT2D eigenvalue weighted by atomic mass is 79.9. The summed E-state index contributed by atoms with van der Waals surface area (Å²) in [6, 6.07) is 8.97. The maximum absolute atomic E-state index is 4.75. The van der Waals surface area contributed by atoms with Gasteiger partial charge in [0.15, 0.2) is 0 Å². The molecule has 1 aromatic carbocycles. The van der Waals surface area contributed by atoms with E-state index in [0.717, 1.165) is 34.2 Å². The molecular weight excluding hydrogens is 358 g/mol. The van der Waals surface area contributed by atoms with E-state index in [1.54, 1.807) is 11.3 Å². The van der Waals surface area contributed by atoms with Gasteiger partial charge in [-0.15, -0.1) is 11.3 Å². The lowest BCUT2D eigenvalue weighted by Crippen LogP contribution is -2.39. The zero-order valence-electron chi connectivity index (χ0n) is 13.1. The molecule has 1 aromatic heterocycles. The molecule has 1 aliphatic carbocycles. The summed E-state index contributed by atoms with van der Waals surface area (Å²) in [5.41, 5.74) is 2.31. The Labute approximate surface area is 144 Å². The van der Waals surface area contributed by atoms with Crippen molar-refractivity contribution < 1.29 is 0 Å². The number of rotatable bonds is 7. The number of likely N-dealkylation sites (N-methyl/N-ethyl adjacent to an activating group) is 1. The van der Waals surface area contributed by atoms with Crippen molar-refractivity contribution in [3.63, 3.8) is 0 Å². The van der Waals surface area contributed by atoms with E-state index >= 15 is 0 Å². The molecule has 0 spiro atoms. The standard InChI is InChI=1S/C17H22BrN3S/c1-21(2)16(12-6-7-12)10-19-9-15-11-22-17(20-15)13-4-3-5-14(18)8-13/h3-5,8,11-12,16,19H,6-7,9-10H2,1-2H3. The fourth-order valence-electron chi connectivity index (χ4n) is 2.74. The Morgan fingerprint density at radius 2 is 2.23 bits per heavy atom. The van der Waals surface area contributed by atoms with E-state index in [9.17, 15) is 0 Å². The molecule has 0 aliphatic heterocycles. The van der Waals surface area contributed by atoms with Crippen LogP contribution in [-0.4, -0.2) is 36.6 Å². The molecule has 1 heterocycles. The zero-order chi connectivity index (χ0) is 15.5. The van der Waals surface area contributed by atoms with Gasteiger partial charge in [-0.25, -0.2) is 4.98 Å². The molecule has 1 N–H and O–H groups in total. The Balaban J connectivity index is 1.55. The van der Waals surface area contributed by atoms with Crippen molar-refractivity contribution in [2.24, 2.45) is 5.92 Å². The van der Waals surface area contributed by atoms with Crippen molar-refractivity contribution in [2.75, 3.05) is 20.6 Å². The van der Waals surface area contributed by atoms with Gasteiger partial charge in [0.25, 0.3) is 0 Å². The van der Waals surface area contributed by atoms with Crippen LogP contribution in [0.1, 0.15) is 18.5 Å². The molecule has 0 saturated heterocycles. The molecule has 3 rings (SSSR count). The third-order valence-corrected chi connectivity index (χ3v) is 5.55. The number of benzene rings is 1. The van der Waals surface area contributed by atoms with Crippen LogP contribution >= 0.6 is 27.3 Å². The average molecular weight is 380 g/mol.